The monoisotopic (exact) mass is 416 g/mol. The van der Waals surface area contributed by atoms with E-state index in [2.05, 4.69) is 0 Å². The highest BCUT2D eigenvalue weighted by Gasteiger charge is 2.26. The van der Waals surface area contributed by atoms with Gasteiger partial charge in [0, 0.05) is 19.5 Å². The lowest BCUT2D eigenvalue weighted by Gasteiger charge is -2.29. The summed E-state index contributed by atoms with van der Waals surface area (Å²) in [5.74, 6) is 0.760. The lowest BCUT2D eigenvalue weighted by molar-refractivity contribution is -0.118. The second-order valence-corrected chi connectivity index (χ2v) is 8.96. The van der Waals surface area contributed by atoms with Gasteiger partial charge in [-0.05, 0) is 36.2 Å². The molecule has 7 nitrogen and oxygen atoms in total. The molecule has 1 amide bonds. The zero-order valence-corrected chi connectivity index (χ0v) is 16.9. The normalized spacial score (nSPS) is 17.4. The van der Waals surface area contributed by atoms with Crippen LogP contribution in [0.5, 0.6) is 5.75 Å². The molecule has 2 aliphatic heterocycles. The summed E-state index contributed by atoms with van der Waals surface area (Å²) in [6.07, 6.45) is 0.903. The Morgan fingerprint density at radius 3 is 2.41 bits per heavy atom. The summed E-state index contributed by atoms with van der Waals surface area (Å²) in [6.45, 7) is 2.61. The maximum atomic E-state index is 12.7. The molecule has 0 aliphatic carbocycles. The molecule has 0 spiro atoms. The minimum absolute atomic E-state index is 0.0331. The highest BCUT2D eigenvalue weighted by Crippen LogP contribution is 2.31. The third kappa shape index (κ3) is 4.29. The number of fused-ring (bicyclic) bond motifs is 1. The molecule has 0 aromatic heterocycles. The molecular weight excluding hydrogens is 392 g/mol. The van der Waals surface area contributed by atoms with Crippen LogP contribution in [0.1, 0.15) is 12.0 Å². The number of nitrogens with zero attached hydrogens (tertiary/aromatic N) is 2. The van der Waals surface area contributed by atoms with Gasteiger partial charge in [-0.2, -0.15) is 4.31 Å². The van der Waals surface area contributed by atoms with Gasteiger partial charge in [0.2, 0.25) is 15.9 Å². The lowest BCUT2D eigenvalue weighted by atomic mass is 10.1. The first-order valence-corrected chi connectivity index (χ1v) is 11.2. The van der Waals surface area contributed by atoms with Crippen molar-refractivity contribution in [3.63, 3.8) is 0 Å². The number of ether oxygens (including phenoxy) is 2. The third-order valence-corrected chi connectivity index (χ3v) is 7.10. The molecule has 2 heterocycles. The van der Waals surface area contributed by atoms with Crippen LogP contribution in [0.15, 0.2) is 53.4 Å². The average molecular weight is 416 g/mol. The van der Waals surface area contributed by atoms with E-state index in [1.807, 2.05) is 24.3 Å². The van der Waals surface area contributed by atoms with Crippen LogP contribution < -0.4 is 9.64 Å². The number of benzene rings is 2. The number of morpholine rings is 1. The van der Waals surface area contributed by atoms with E-state index in [0.717, 1.165) is 17.0 Å². The van der Waals surface area contributed by atoms with Gasteiger partial charge in [0.1, 0.15) is 12.4 Å². The predicted molar refractivity (Wildman–Crippen MR) is 109 cm³/mol. The molecule has 0 bridgehead atoms. The highest BCUT2D eigenvalue weighted by atomic mass is 32.2. The third-order valence-electron chi connectivity index (χ3n) is 5.19. The largest absolute Gasteiger partial charge is 0.490 e. The van der Waals surface area contributed by atoms with Crippen LogP contribution in [0.4, 0.5) is 5.69 Å². The van der Waals surface area contributed by atoms with E-state index in [9.17, 15) is 13.2 Å². The SMILES string of the molecule is O=C(CCc1ccc(S(=O)(=O)N2CCOCC2)cc1)N1CCOc2ccccc21. The van der Waals surface area contributed by atoms with Crippen LogP contribution in [0.3, 0.4) is 0 Å². The van der Waals surface area contributed by atoms with Gasteiger partial charge in [0.05, 0.1) is 30.3 Å². The van der Waals surface area contributed by atoms with E-state index in [4.69, 9.17) is 9.47 Å². The Morgan fingerprint density at radius 1 is 0.931 bits per heavy atom. The van der Waals surface area contributed by atoms with E-state index in [-0.39, 0.29) is 10.8 Å². The van der Waals surface area contributed by atoms with Gasteiger partial charge in [-0.25, -0.2) is 8.42 Å². The molecule has 8 heteroatoms. The summed E-state index contributed by atoms with van der Waals surface area (Å²) in [4.78, 5) is 14.8. The van der Waals surface area contributed by atoms with Crippen molar-refractivity contribution in [2.75, 3.05) is 44.4 Å². The molecule has 2 aromatic carbocycles. The summed E-state index contributed by atoms with van der Waals surface area (Å²) in [6, 6.07) is 14.3. The molecule has 2 aromatic rings. The number of para-hydroxylation sites is 2. The number of hydrogen-bond acceptors (Lipinski definition) is 5. The van der Waals surface area contributed by atoms with Gasteiger partial charge in [0.25, 0.3) is 0 Å². The number of hydrogen-bond donors (Lipinski definition) is 0. The van der Waals surface area contributed by atoms with Crippen LogP contribution in [0, 0.1) is 0 Å². The van der Waals surface area contributed by atoms with Crippen LogP contribution in [-0.4, -0.2) is 58.1 Å². The molecule has 0 atom stereocenters. The molecule has 0 saturated carbocycles. The first-order chi connectivity index (χ1) is 14.1. The Bertz CT molecular complexity index is 969. The van der Waals surface area contributed by atoms with E-state index >= 15 is 0 Å². The first-order valence-electron chi connectivity index (χ1n) is 9.75. The van der Waals surface area contributed by atoms with Crippen molar-refractivity contribution >= 4 is 21.6 Å². The summed E-state index contributed by atoms with van der Waals surface area (Å²) >= 11 is 0. The van der Waals surface area contributed by atoms with Crippen LogP contribution in [0.2, 0.25) is 0 Å². The van der Waals surface area contributed by atoms with Crippen LogP contribution in [-0.2, 0) is 26.0 Å². The number of anilines is 1. The van der Waals surface area contributed by atoms with E-state index in [1.165, 1.54) is 4.31 Å². The molecule has 1 saturated heterocycles. The fraction of sp³-hybridized carbons (Fsp3) is 0.381. The maximum Gasteiger partial charge on any atom is 0.243 e. The number of amides is 1. The minimum Gasteiger partial charge on any atom is -0.490 e. The maximum absolute atomic E-state index is 12.7. The molecule has 0 unspecified atom stereocenters. The summed E-state index contributed by atoms with van der Waals surface area (Å²) in [5.41, 5.74) is 1.73. The van der Waals surface area contributed by atoms with E-state index < -0.39 is 10.0 Å². The van der Waals surface area contributed by atoms with Gasteiger partial charge in [-0.3, -0.25) is 4.79 Å². The topological polar surface area (TPSA) is 76.2 Å². The Morgan fingerprint density at radius 2 is 1.66 bits per heavy atom. The molecular formula is C21H24N2O5S. The Kier molecular flexibility index (Phi) is 5.84. The van der Waals surface area contributed by atoms with Gasteiger partial charge in [-0.1, -0.05) is 24.3 Å². The van der Waals surface area contributed by atoms with Gasteiger partial charge in [0.15, 0.2) is 0 Å². The highest BCUT2D eigenvalue weighted by molar-refractivity contribution is 7.89. The van der Waals surface area contributed by atoms with Crippen molar-refractivity contribution < 1.29 is 22.7 Å². The standard InChI is InChI=1S/C21H24N2O5S/c24-21(23-13-16-28-20-4-2-1-3-19(20)23)10-7-17-5-8-18(9-6-17)29(25,26)22-11-14-27-15-12-22/h1-6,8-9H,7,10-16H2. The Hall–Kier alpha value is -2.42. The van der Waals surface area contributed by atoms with Crippen molar-refractivity contribution in [1.29, 1.82) is 0 Å². The number of rotatable bonds is 5. The second-order valence-electron chi connectivity index (χ2n) is 7.02. The molecule has 2 aliphatic rings. The summed E-state index contributed by atoms with van der Waals surface area (Å²) in [7, 11) is -3.50. The summed E-state index contributed by atoms with van der Waals surface area (Å²) < 4.78 is 37.6. The van der Waals surface area contributed by atoms with Crippen molar-refractivity contribution in [2.24, 2.45) is 0 Å². The molecule has 154 valence electrons. The number of aryl methyl sites for hydroxylation is 1. The Balaban J connectivity index is 1.39. The number of carbonyl (C=O) groups excluding carboxylic acids is 1. The van der Waals surface area contributed by atoms with Crippen molar-refractivity contribution in [3.05, 3.63) is 54.1 Å². The van der Waals surface area contributed by atoms with Crippen molar-refractivity contribution in [1.82, 2.24) is 4.31 Å². The molecule has 29 heavy (non-hydrogen) atoms. The smallest absolute Gasteiger partial charge is 0.243 e. The molecule has 0 radical (unpaired) electrons. The first kappa shape index (κ1) is 19.9. The fourth-order valence-electron chi connectivity index (χ4n) is 3.58. The predicted octanol–water partition coefficient (Wildman–Crippen LogP) is 2.07. The van der Waals surface area contributed by atoms with E-state index in [0.29, 0.717) is 52.3 Å². The summed E-state index contributed by atoms with van der Waals surface area (Å²) in [5, 5.41) is 0. The Labute approximate surface area is 170 Å². The van der Waals surface area contributed by atoms with Gasteiger partial charge < -0.3 is 14.4 Å². The van der Waals surface area contributed by atoms with Gasteiger partial charge >= 0.3 is 0 Å². The average Bonchev–Trinajstić information content (AvgIpc) is 2.78. The fourth-order valence-corrected chi connectivity index (χ4v) is 4.99. The number of sulfonamides is 1. The van der Waals surface area contributed by atoms with Gasteiger partial charge in [-0.15, -0.1) is 0 Å². The zero-order chi connectivity index (χ0) is 20.3. The van der Waals surface area contributed by atoms with Crippen LogP contribution >= 0.6 is 0 Å². The number of carbonyl (C=O) groups is 1. The minimum atomic E-state index is -3.50. The second kappa shape index (κ2) is 8.52. The van der Waals surface area contributed by atoms with Crippen molar-refractivity contribution in [2.45, 2.75) is 17.7 Å². The molecule has 1 fully saturated rings. The molecule has 4 rings (SSSR count). The quantitative estimate of drug-likeness (QED) is 0.746. The van der Waals surface area contributed by atoms with Crippen molar-refractivity contribution in [3.8, 4) is 5.75 Å². The molecule has 0 N–H and O–H groups in total. The lowest BCUT2D eigenvalue weighted by Crippen LogP contribution is -2.40. The van der Waals surface area contributed by atoms with E-state index in [1.54, 1.807) is 29.2 Å². The van der Waals surface area contributed by atoms with Crippen LogP contribution in [0.25, 0.3) is 0 Å². The zero-order valence-electron chi connectivity index (χ0n) is 16.1.